The predicted octanol–water partition coefficient (Wildman–Crippen LogP) is 3.56. The van der Waals surface area contributed by atoms with Gasteiger partial charge in [0.1, 0.15) is 17.8 Å². The molecule has 0 radical (unpaired) electrons. The fourth-order valence-electron chi connectivity index (χ4n) is 10.4. The maximum atomic E-state index is 13.2. The van der Waals surface area contributed by atoms with Crippen LogP contribution in [-0.4, -0.2) is 60.3 Å². The lowest BCUT2D eigenvalue weighted by molar-refractivity contribution is -0.446. The highest BCUT2D eigenvalue weighted by Gasteiger charge is 2.91. The number of epoxide rings is 1. The van der Waals surface area contributed by atoms with Gasteiger partial charge in [0.2, 0.25) is 0 Å². The Morgan fingerprint density at radius 1 is 1.17 bits per heavy atom. The van der Waals surface area contributed by atoms with Crippen molar-refractivity contribution in [1.29, 1.82) is 0 Å². The largest absolute Gasteiger partial charge is 0.472 e. The first-order valence-electron chi connectivity index (χ1n) is 14.8. The molecule has 5 heterocycles. The van der Waals surface area contributed by atoms with E-state index in [1.54, 1.807) is 26.4 Å². The summed E-state index contributed by atoms with van der Waals surface area (Å²) in [5.41, 5.74) is -2.15. The molecule has 1 aromatic heterocycles. The molecule has 3 aliphatic carbocycles. The van der Waals surface area contributed by atoms with Crippen LogP contribution >= 0.6 is 0 Å². The Labute approximate surface area is 239 Å². The summed E-state index contributed by atoms with van der Waals surface area (Å²) in [4.78, 5) is 39.2. The smallest absolute Gasteiger partial charge is 0.308 e. The molecule has 4 aliphatic heterocycles. The minimum Gasteiger partial charge on any atom is -0.472 e. The van der Waals surface area contributed by atoms with E-state index in [9.17, 15) is 19.5 Å². The van der Waals surface area contributed by atoms with E-state index in [-0.39, 0.29) is 49.1 Å². The van der Waals surface area contributed by atoms with Gasteiger partial charge in [-0.15, -0.1) is 0 Å². The van der Waals surface area contributed by atoms with Crippen molar-refractivity contribution < 1.29 is 47.6 Å². The van der Waals surface area contributed by atoms with Gasteiger partial charge in [0.05, 0.1) is 50.6 Å². The molecule has 4 saturated heterocycles. The van der Waals surface area contributed by atoms with E-state index in [4.69, 9.17) is 28.1 Å². The van der Waals surface area contributed by atoms with Crippen molar-refractivity contribution in [2.24, 2.45) is 45.8 Å². The van der Waals surface area contributed by atoms with Gasteiger partial charge >= 0.3 is 17.9 Å². The number of rotatable bonds is 5. The van der Waals surface area contributed by atoms with Crippen LogP contribution in [0.1, 0.15) is 72.0 Å². The van der Waals surface area contributed by atoms with Crippen LogP contribution in [0.5, 0.6) is 0 Å². The topological polar surface area (TPSA) is 134 Å². The normalized spacial score (nSPS) is 50.7. The number of carbonyl (C=O) groups is 3. The Bertz CT molecular complexity index is 1290. The zero-order chi connectivity index (χ0) is 29.3. The van der Waals surface area contributed by atoms with Crippen molar-refractivity contribution in [2.75, 3.05) is 13.7 Å². The Balaban J connectivity index is 1.39. The van der Waals surface area contributed by atoms with Crippen molar-refractivity contribution in [3.05, 3.63) is 24.2 Å². The molecule has 7 fully saturated rings. The number of furan rings is 1. The zero-order valence-corrected chi connectivity index (χ0v) is 24.5. The molecule has 1 N–H and O–H groups in total. The van der Waals surface area contributed by atoms with Gasteiger partial charge < -0.3 is 33.2 Å². The molecule has 1 spiro atoms. The number of methoxy groups -OCH3 is 1. The second-order valence-corrected chi connectivity index (χ2v) is 14.3. The number of cyclic esters (lactones) is 1. The summed E-state index contributed by atoms with van der Waals surface area (Å²) in [5.74, 6) is -4.72. The molecule has 1 aromatic rings. The zero-order valence-electron chi connectivity index (χ0n) is 24.5. The number of hydrogen-bond acceptors (Lipinski definition) is 10. The Morgan fingerprint density at radius 3 is 2.59 bits per heavy atom. The summed E-state index contributed by atoms with van der Waals surface area (Å²) < 4.78 is 36.0. The molecule has 12 atom stereocenters. The van der Waals surface area contributed by atoms with Crippen LogP contribution in [0.25, 0.3) is 0 Å². The lowest BCUT2D eigenvalue weighted by Gasteiger charge is -2.74. The van der Waals surface area contributed by atoms with E-state index >= 15 is 0 Å². The van der Waals surface area contributed by atoms with Gasteiger partial charge in [0.15, 0.2) is 5.79 Å². The highest BCUT2D eigenvalue weighted by Crippen LogP contribution is 2.82. The van der Waals surface area contributed by atoms with Crippen molar-refractivity contribution in [2.45, 2.75) is 90.0 Å². The van der Waals surface area contributed by atoms with Gasteiger partial charge in [-0.2, -0.15) is 0 Å². The maximum absolute atomic E-state index is 13.2. The third kappa shape index (κ3) is 3.11. The van der Waals surface area contributed by atoms with Crippen molar-refractivity contribution >= 4 is 17.9 Å². The number of ether oxygens (including phenoxy) is 5. The molecule has 0 aromatic carbocycles. The first-order chi connectivity index (χ1) is 19.3. The third-order valence-corrected chi connectivity index (χ3v) is 12.3. The van der Waals surface area contributed by atoms with Crippen molar-refractivity contribution in [3.8, 4) is 0 Å². The number of esters is 3. The van der Waals surface area contributed by atoms with E-state index in [1.165, 1.54) is 7.11 Å². The molecule has 3 saturated carbocycles. The van der Waals surface area contributed by atoms with Crippen molar-refractivity contribution in [1.82, 2.24) is 0 Å². The average Bonchev–Trinajstić information content (AvgIpc) is 3.37. The minimum atomic E-state index is -1.70. The van der Waals surface area contributed by atoms with Crippen LogP contribution in [0.15, 0.2) is 23.0 Å². The highest BCUT2D eigenvalue weighted by molar-refractivity contribution is 5.73. The molecule has 10 nitrogen and oxygen atoms in total. The van der Waals surface area contributed by atoms with Gasteiger partial charge in [0.25, 0.3) is 0 Å². The van der Waals surface area contributed by atoms with Crippen LogP contribution in [0.4, 0.5) is 0 Å². The fraction of sp³-hybridized carbons (Fsp3) is 0.774. The lowest BCUT2D eigenvalue weighted by Crippen LogP contribution is -2.83. The summed E-state index contributed by atoms with van der Waals surface area (Å²) in [5, 5.41) is 12.6. The molecule has 8 rings (SSSR count). The quantitative estimate of drug-likeness (QED) is 0.317. The summed E-state index contributed by atoms with van der Waals surface area (Å²) in [6, 6.07) is 1.83. The summed E-state index contributed by atoms with van der Waals surface area (Å²) in [6.07, 6.45) is 3.07. The van der Waals surface area contributed by atoms with Gasteiger partial charge in [-0.1, -0.05) is 34.6 Å². The molecule has 0 amide bonds. The molecular weight excluding hydrogens is 532 g/mol. The Kier molecular flexibility index (Phi) is 5.58. The predicted molar refractivity (Wildman–Crippen MR) is 140 cm³/mol. The van der Waals surface area contributed by atoms with E-state index in [0.29, 0.717) is 12.8 Å². The van der Waals surface area contributed by atoms with E-state index < -0.39 is 63.8 Å². The number of aliphatic hydroxyl groups is 1. The molecular formula is C31H40O10. The monoisotopic (exact) mass is 572 g/mol. The van der Waals surface area contributed by atoms with Gasteiger partial charge in [-0.05, 0) is 24.8 Å². The van der Waals surface area contributed by atoms with Gasteiger partial charge in [-0.3, -0.25) is 14.4 Å². The van der Waals surface area contributed by atoms with Crippen LogP contribution in [0, 0.1) is 45.8 Å². The third-order valence-electron chi connectivity index (χ3n) is 12.3. The Hall–Kier alpha value is -2.43. The number of carbonyl (C=O) groups excluding carboxylic acids is 3. The summed E-state index contributed by atoms with van der Waals surface area (Å²) >= 11 is 0. The van der Waals surface area contributed by atoms with Crippen molar-refractivity contribution in [3.63, 3.8) is 0 Å². The molecule has 1 unspecified atom stereocenters. The van der Waals surface area contributed by atoms with Crippen LogP contribution < -0.4 is 0 Å². The first kappa shape index (κ1) is 27.4. The lowest BCUT2D eigenvalue weighted by atomic mass is 9.34. The van der Waals surface area contributed by atoms with Crippen LogP contribution in [0.2, 0.25) is 0 Å². The highest BCUT2D eigenvalue weighted by atomic mass is 16.7. The van der Waals surface area contributed by atoms with Gasteiger partial charge in [-0.25, -0.2) is 0 Å². The number of fused-ring (bicyclic) bond motifs is 2. The fourth-order valence-corrected chi connectivity index (χ4v) is 10.4. The average molecular weight is 573 g/mol. The molecule has 224 valence electrons. The molecule has 41 heavy (non-hydrogen) atoms. The Morgan fingerprint density at radius 2 is 1.93 bits per heavy atom. The minimum absolute atomic E-state index is 0.0382. The van der Waals surface area contributed by atoms with E-state index in [1.807, 2.05) is 19.9 Å². The SMILES string of the molecule is COC(=O)C[C@H]1[C@@]2(C)CO[C@@]3(O)C([C@H]2OC(=O)C(C)C)[C@H]2O[C@]24[C@@H]2CC(=O)O[C@@H](c5ccoc5)[C@]2(C)CC[C@@H]4[C@]13C. The molecule has 10 heteroatoms. The summed E-state index contributed by atoms with van der Waals surface area (Å²) in [7, 11) is 1.36. The van der Waals surface area contributed by atoms with Gasteiger partial charge in [0, 0.05) is 40.1 Å². The maximum Gasteiger partial charge on any atom is 0.308 e. The molecule has 7 aliphatic rings. The number of hydrogen-bond donors (Lipinski definition) is 1. The van der Waals surface area contributed by atoms with Crippen LogP contribution in [0.3, 0.4) is 0 Å². The summed E-state index contributed by atoms with van der Waals surface area (Å²) in [6.45, 7) is 9.84. The van der Waals surface area contributed by atoms with Crippen LogP contribution in [-0.2, 0) is 38.1 Å². The molecule has 4 bridgehead atoms. The standard InChI is InChI=1S/C31H40O10/c1-15(2)26(34)40-24-22-25-30(41-25)17(29(5)18(11-20(32)36-6)28(24,4)14-38-31(22,29)35)7-9-27(3)19(30)12-21(33)39-23(27)16-8-10-37-13-16/h8,10,13,15,17-19,22-25,35H,7,9,11-12,14H2,1-6H3/t17-,18+,19-,22?,23+,24-,25-,27-,28-,29-,30-,31+/m1/s1. The second-order valence-electron chi connectivity index (χ2n) is 14.3. The van der Waals surface area contributed by atoms with E-state index in [2.05, 4.69) is 6.92 Å². The second kappa shape index (κ2) is 8.35. The first-order valence-corrected chi connectivity index (χ1v) is 14.8. The van der Waals surface area contributed by atoms with E-state index in [0.717, 1.165) is 5.56 Å².